The molecule has 12 aromatic rings. The maximum Gasteiger partial charge on any atom is 0.166 e. The van der Waals surface area contributed by atoms with E-state index in [1.165, 1.54) is 42.0 Å². The summed E-state index contributed by atoms with van der Waals surface area (Å²) in [5.74, 6) is 1.77. The molecule has 62 heavy (non-hydrogen) atoms. The van der Waals surface area contributed by atoms with Crippen LogP contribution in [0.1, 0.15) is 0 Å². The van der Waals surface area contributed by atoms with Gasteiger partial charge in [0, 0.05) is 70.6 Å². The first-order chi connectivity index (χ1) is 30.7. The van der Waals surface area contributed by atoms with Gasteiger partial charge in [-0.3, -0.25) is 4.98 Å². The second kappa shape index (κ2) is 14.9. The van der Waals surface area contributed by atoms with E-state index in [2.05, 4.69) is 144 Å². The Labute approximate surface area is 361 Å². The third kappa shape index (κ3) is 6.08. The van der Waals surface area contributed by atoms with Crippen molar-refractivity contribution in [3.63, 3.8) is 0 Å². The highest BCUT2D eigenvalue weighted by Gasteiger charge is 2.23. The van der Waals surface area contributed by atoms with Crippen LogP contribution in [0.25, 0.3) is 115 Å². The average molecular weight is 810 g/mol. The molecule has 0 bridgehead atoms. The van der Waals surface area contributed by atoms with E-state index in [1.807, 2.05) is 84.3 Å². The third-order valence-corrected chi connectivity index (χ3v) is 13.0. The summed E-state index contributed by atoms with van der Waals surface area (Å²) in [4.78, 5) is 20.9. The van der Waals surface area contributed by atoms with Crippen LogP contribution in [0, 0.1) is 0 Å². The zero-order valence-electron chi connectivity index (χ0n) is 33.4. The molecule has 0 aliphatic carbocycles. The van der Waals surface area contributed by atoms with Crippen LogP contribution >= 0.6 is 11.3 Å². The van der Waals surface area contributed by atoms with Gasteiger partial charge in [0.15, 0.2) is 17.5 Å². The fourth-order valence-corrected chi connectivity index (χ4v) is 10.2. The van der Waals surface area contributed by atoms with E-state index >= 15 is 0 Å². The van der Waals surface area contributed by atoms with Crippen molar-refractivity contribution in [1.82, 2.24) is 24.5 Å². The van der Waals surface area contributed by atoms with Gasteiger partial charge in [-0.15, -0.1) is 11.3 Å². The monoisotopic (exact) mass is 809 g/mol. The molecule has 0 saturated carbocycles. The first-order valence-corrected chi connectivity index (χ1v) is 21.5. The van der Waals surface area contributed by atoms with Crippen molar-refractivity contribution >= 4 is 53.3 Å². The molecular formula is C56H35N5S. The number of nitrogens with zero attached hydrogens (tertiary/aromatic N) is 5. The van der Waals surface area contributed by atoms with Gasteiger partial charge in [0.05, 0.1) is 16.7 Å². The van der Waals surface area contributed by atoms with Gasteiger partial charge in [-0.05, 0) is 53.1 Å². The molecule has 0 N–H and O–H groups in total. The van der Waals surface area contributed by atoms with Crippen LogP contribution in [0.2, 0.25) is 0 Å². The van der Waals surface area contributed by atoms with Crippen LogP contribution < -0.4 is 0 Å². The summed E-state index contributed by atoms with van der Waals surface area (Å²) in [6.07, 6.45) is 2.00. The van der Waals surface area contributed by atoms with E-state index in [1.54, 1.807) is 0 Å². The molecule has 290 valence electrons. The van der Waals surface area contributed by atoms with Crippen molar-refractivity contribution in [1.29, 1.82) is 0 Å². The molecule has 0 saturated heterocycles. The molecule has 0 spiro atoms. The number of pyridine rings is 1. The van der Waals surface area contributed by atoms with E-state index < -0.39 is 0 Å². The number of benzene rings is 8. The Kier molecular flexibility index (Phi) is 8.61. The lowest BCUT2D eigenvalue weighted by atomic mass is 9.96. The molecule has 4 heterocycles. The molecule has 8 aromatic carbocycles. The first kappa shape index (κ1) is 35.8. The number of thiophene rings is 1. The van der Waals surface area contributed by atoms with Crippen molar-refractivity contribution in [3.8, 4) is 73.4 Å². The van der Waals surface area contributed by atoms with Gasteiger partial charge in [-0.25, -0.2) is 15.0 Å². The summed E-state index contributed by atoms with van der Waals surface area (Å²) < 4.78 is 4.81. The molecule has 0 atom stereocenters. The minimum absolute atomic E-state index is 0.563. The second-order valence-electron chi connectivity index (χ2n) is 15.4. The highest BCUT2D eigenvalue weighted by Crippen LogP contribution is 2.47. The van der Waals surface area contributed by atoms with Crippen molar-refractivity contribution in [2.45, 2.75) is 0 Å². The standard InChI is InChI=1S/C56H35N5S/c1-5-17-36(18-6-1)39-23-15-24-40(33-39)41-34-47(56-59-54(37-19-7-2-8-20-37)58-55(60-56)38-21-9-3-10-22-38)51(57-35-41)46-29-16-28-43-44-31-32-49-50(53(44)62-52(43)46)45-27-13-14-30-48(45)61(49)42-25-11-4-12-26-42/h1-35H. The normalized spacial score (nSPS) is 11.5. The number of hydrogen-bond acceptors (Lipinski definition) is 5. The number of hydrogen-bond donors (Lipinski definition) is 0. The summed E-state index contributed by atoms with van der Waals surface area (Å²) in [7, 11) is 0. The van der Waals surface area contributed by atoms with Gasteiger partial charge in [-0.1, -0.05) is 170 Å². The van der Waals surface area contributed by atoms with Gasteiger partial charge >= 0.3 is 0 Å². The van der Waals surface area contributed by atoms with Crippen molar-refractivity contribution in [2.24, 2.45) is 0 Å². The van der Waals surface area contributed by atoms with Crippen molar-refractivity contribution in [2.75, 3.05) is 0 Å². The van der Waals surface area contributed by atoms with Gasteiger partial charge in [0.25, 0.3) is 0 Å². The van der Waals surface area contributed by atoms with Gasteiger partial charge in [-0.2, -0.15) is 0 Å². The average Bonchev–Trinajstić information content (AvgIpc) is 3.91. The summed E-state index contributed by atoms with van der Waals surface area (Å²) in [5.41, 5.74) is 12.4. The summed E-state index contributed by atoms with van der Waals surface area (Å²) in [6.45, 7) is 0. The quantitative estimate of drug-likeness (QED) is 0.161. The van der Waals surface area contributed by atoms with Crippen LogP contribution in [0.4, 0.5) is 0 Å². The largest absolute Gasteiger partial charge is 0.309 e. The SMILES string of the molecule is c1ccc(-c2cccc(-c3cnc(-c4cccc5c4sc4c5ccc5c4c4ccccc4n5-c4ccccc4)c(-c4nc(-c5ccccc5)nc(-c5ccccc5)n4)c3)c2)cc1. The van der Waals surface area contributed by atoms with E-state index in [0.29, 0.717) is 17.5 Å². The van der Waals surface area contributed by atoms with E-state index in [9.17, 15) is 0 Å². The molecular weight excluding hydrogens is 775 g/mol. The Balaban J connectivity index is 1.12. The third-order valence-electron chi connectivity index (χ3n) is 11.7. The number of para-hydroxylation sites is 2. The Hall–Kier alpha value is -8.06. The fourth-order valence-electron chi connectivity index (χ4n) is 8.80. The minimum atomic E-state index is 0.563. The highest BCUT2D eigenvalue weighted by atomic mass is 32.1. The maximum absolute atomic E-state index is 5.39. The maximum atomic E-state index is 5.39. The predicted octanol–water partition coefficient (Wildman–Crippen LogP) is 14.7. The van der Waals surface area contributed by atoms with E-state index in [-0.39, 0.29) is 0 Å². The second-order valence-corrected chi connectivity index (χ2v) is 16.4. The van der Waals surface area contributed by atoms with Crippen LogP contribution in [-0.4, -0.2) is 24.5 Å². The molecule has 0 aliphatic rings. The van der Waals surface area contributed by atoms with Crippen LogP contribution in [-0.2, 0) is 0 Å². The molecule has 0 unspecified atom stereocenters. The highest BCUT2D eigenvalue weighted by molar-refractivity contribution is 7.27. The number of fused-ring (bicyclic) bond motifs is 7. The molecule has 0 fully saturated rings. The van der Waals surface area contributed by atoms with Crippen LogP contribution in [0.15, 0.2) is 212 Å². The summed E-state index contributed by atoms with van der Waals surface area (Å²) >= 11 is 1.83. The topological polar surface area (TPSA) is 56.5 Å². The Morgan fingerprint density at radius 1 is 0.355 bits per heavy atom. The fraction of sp³-hybridized carbons (Fsp3) is 0. The molecule has 4 aromatic heterocycles. The van der Waals surface area contributed by atoms with Gasteiger partial charge < -0.3 is 4.57 Å². The van der Waals surface area contributed by atoms with E-state index in [0.717, 1.165) is 55.9 Å². The Bertz CT molecular complexity index is 3560. The van der Waals surface area contributed by atoms with Crippen LogP contribution in [0.5, 0.6) is 0 Å². The Morgan fingerprint density at radius 2 is 0.903 bits per heavy atom. The van der Waals surface area contributed by atoms with Crippen LogP contribution in [0.3, 0.4) is 0 Å². The Morgan fingerprint density at radius 3 is 1.61 bits per heavy atom. The number of aromatic nitrogens is 5. The number of rotatable bonds is 7. The van der Waals surface area contributed by atoms with Crippen molar-refractivity contribution < 1.29 is 0 Å². The molecule has 5 nitrogen and oxygen atoms in total. The summed E-state index contributed by atoms with van der Waals surface area (Å²) in [5, 5.41) is 4.91. The molecule has 0 radical (unpaired) electrons. The summed E-state index contributed by atoms with van der Waals surface area (Å²) in [6, 6.07) is 72.2. The lowest BCUT2D eigenvalue weighted by Gasteiger charge is -2.14. The molecule has 6 heteroatoms. The molecule has 0 amide bonds. The van der Waals surface area contributed by atoms with E-state index in [4.69, 9.17) is 19.9 Å². The molecule has 12 rings (SSSR count). The predicted molar refractivity (Wildman–Crippen MR) is 257 cm³/mol. The molecule has 0 aliphatic heterocycles. The zero-order valence-corrected chi connectivity index (χ0v) is 34.2. The zero-order chi connectivity index (χ0) is 41.0. The first-order valence-electron chi connectivity index (χ1n) is 20.7. The smallest absolute Gasteiger partial charge is 0.166 e. The lowest BCUT2D eigenvalue weighted by molar-refractivity contribution is 1.07. The van der Waals surface area contributed by atoms with Gasteiger partial charge in [0.2, 0.25) is 0 Å². The van der Waals surface area contributed by atoms with Gasteiger partial charge in [0.1, 0.15) is 0 Å². The minimum Gasteiger partial charge on any atom is -0.309 e. The lowest BCUT2D eigenvalue weighted by Crippen LogP contribution is -2.02. The van der Waals surface area contributed by atoms with Crippen molar-refractivity contribution in [3.05, 3.63) is 212 Å².